The van der Waals surface area contributed by atoms with Crippen molar-refractivity contribution >= 4 is 21.6 Å². The maximum atomic E-state index is 12.7. The van der Waals surface area contributed by atoms with Crippen LogP contribution in [0.25, 0.3) is 0 Å². The highest BCUT2D eigenvalue weighted by Gasteiger charge is 2.36. The first-order chi connectivity index (χ1) is 11.8. The van der Waals surface area contributed by atoms with Crippen molar-refractivity contribution in [2.75, 3.05) is 11.4 Å². The van der Waals surface area contributed by atoms with E-state index in [1.807, 2.05) is 32.0 Å². The fraction of sp³-hybridized carbons (Fsp3) is 0.316. The zero-order valence-electron chi connectivity index (χ0n) is 14.6. The molecule has 1 aliphatic heterocycles. The molecule has 1 amide bonds. The first-order valence-electron chi connectivity index (χ1n) is 8.26. The van der Waals surface area contributed by atoms with Crippen LogP contribution in [0, 0.1) is 20.8 Å². The fourth-order valence-electron chi connectivity index (χ4n) is 3.05. The van der Waals surface area contributed by atoms with Crippen molar-refractivity contribution in [3.63, 3.8) is 0 Å². The Kier molecular flexibility index (Phi) is 4.67. The number of anilines is 1. The van der Waals surface area contributed by atoms with Gasteiger partial charge in [0.25, 0.3) is 0 Å². The lowest BCUT2D eigenvalue weighted by molar-refractivity contribution is -0.118. The number of benzene rings is 2. The molecule has 1 atom stereocenters. The van der Waals surface area contributed by atoms with E-state index in [0.717, 1.165) is 16.8 Å². The average molecular weight is 358 g/mol. The summed E-state index contributed by atoms with van der Waals surface area (Å²) in [6.07, 6.45) is 0.455. The van der Waals surface area contributed by atoms with Crippen LogP contribution in [0.15, 0.2) is 47.4 Å². The molecule has 1 fully saturated rings. The van der Waals surface area contributed by atoms with Crippen LogP contribution in [0.5, 0.6) is 0 Å². The molecule has 1 saturated heterocycles. The summed E-state index contributed by atoms with van der Waals surface area (Å²) in [4.78, 5) is 14.6. The predicted molar refractivity (Wildman–Crippen MR) is 98.2 cm³/mol. The van der Waals surface area contributed by atoms with Gasteiger partial charge >= 0.3 is 0 Å². The summed E-state index contributed by atoms with van der Waals surface area (Å²) < 4.78 is 27.8. The van der Waals surface area contributed by atoms with Crippen LogP contribution in [0.2, 0.25) is 0 Å². The molecule has 3 rings (SSSR count). The summed E-state index contributed by atoms with van der Waals surface area (Å²) in [5.41, 5.74) is 3.73. The van der Waals surface area contributed by atoms with Gasteiger partial charge in [-0.25, -0.2) is 8.42 Å². The molecule has 1 N–H and O–H groups in total. The molecular formula is C19H22N2O3S. The monoisotopic (exact) mass is 358 g/mol. The SMILES string of the molecule is Cc1ccc(N2CCC(NS(=O)(=O)c3ccccc3C)C2=O)cc1C. The quantitative estimate of drug-likeness (QED) is 0.914. The van der Waals surface area contributed by atoms with Gasteiger partial charge in [-0.3, -0.25) is 4.79 Å². The molecule has 2 aromatic carbocycles. The summed E-state index contributed by atoms with van der Waals surface area (Å²) in [6.45, 7) is 6.26. The van der Waals surface area contributed by atoms with E-state index in [2.05, 4.69) is 4.72 Å². The van der Waals surface area contributed by atoms with Crippen LogP contribution in [0.4, 0.5) is 5.69 Å². The molecule has 132 valence electrons. The second-order valence-electron chi connectivity index (χ2n) is 6.49. The zero-order chi connectivity index (χ0) is 18.2. The molecule has 5 nitrogen and oxygen atoms in total. The van der Waals surface area contributed by atoms with Crippen LogP contribution in [-0.2, 0) is 14.8 Å². The second-order valence-corrected chi connectivity index (χ2v) is 8.17. The average Bonchev–Trinajstić information content (AvgIpc) is 2.91. The molecule has 1 heterocycles. The number of carbonyl (C=O) groups excluding carboxylic acids is 1. The first kappa shape index (κ1) is 17.6. The van der Waals surface area contributed by atoms with Gasteiger partial charge in [0, 0.05) is 12.2 Å². The Hall–Kier alpha value is -2.18. The summed E-state index contributed by atoms with van der Waals surface area (Å²) in [5.74, 6) is -0.208. The van der Waals surface area contributed by atoms with Crippen LogP contribution in [0.1, 0.15) is 23.1 Å². The number of hydrogen-bond acceptors (Lipinski definition) is 3. The molecule has 0 spiro atoms. The van der Waals surface area contributed by atoms with Crippen molar-refractivity contribution < 1.29 is 13.2 Å². The molecule has 0 aliphatic carbocycles. The lowest BCUT2D eigenvalue weighted by Crippen LogP contribution is -2.41. The number of nitrogens with one attached hydrogen (secondary N) is 1. The number of amides is 1. The van der Waals surface area contributed by atoms with Gasteiger partial charge in [0.05, 0.1) is 4.90 Å². The van der Waals surface area contributed by atoms with E-state index in [4.69, 9.17) is 0 Å². The second kappa shape index (κ2) is 6.61. The number of rotatable bonds is 4. The molecule has 1 unspecified atom stereocenters. The van der Waals surface area contributed by atoms with Crippen LogP contribution in [-0.4, -0.2) is 26.9 Å². The molecule has 6 heteroatoms. The van der Waals surface area contributed by atoms with Crippen LogP contribution >= 0.6 is 0 Å². The van der Waals surface area contributed by atoms with E-state index in [1.165, 1.54) is 0 Å². The number of hydrogen-bond donors (Lipinski definition) is 1. The Bertz CT molecular complexity index is 922. The van der Waals surface area contributed by atoms with Gasteiger partial charge in [0.1, 0.15) is 6.04 Å². The Labute approximate surface area is 148 Å². The fourth-order valence-corrected chi connectivity index (χ4v) is 4.52. The van der Waals surface area contributed by atoms with Gasteiger partial charge in [-0.15, -0.1) is 0 Å². The number of nitrogens with zero attached hydrogens (tertiary/aromatic N) is 1. The van der Waals surface area contributed by atoms with Gasteiger partial charge in [-0.05, 0) is 62.1 Å². The summed E-state index contributed by atoms with van der Waals surface area (Å²) >= 11 is 0. The van der Waals surface area contributed by atoms with Crippen molar-refractivity contribution in [2.45, 2.75) is 38.1 Å². The third-order valence-electron chi connectivity index (χ3n) is 4.69. The highest BCUT2D eigenvalue weighted by atomic mass is 32.2. The molecule has 0 radical (unpaired) electrons. The minimum absolute atomic E-state index is 0.208. The normalized spacial score (nSPS) is 18.0. The summed E-state index contributed by atoms with van der Waals surface area (Å²) in [7, 11) is -3.73. The van der Waals surface area contributed by atoms with Crippen LogP contribution < -0.4 is 9.62 Å². The van der Waals surface area contributed by atoms with E-state index in [9.17, 15) is 13.2 Å². The Morgan fingerprint density at radius 2 is 1.72 bits per heavy atom. The molecule has 0 aromatic heterocycles. The van der Waals surface area contributed by atoms with Crippen LogP contribution in [0.3, 0.4) is 0 Å². The van der Waals surface area contributed by atoms with E-state index >= 15 is 0 Å². The molecule has 25 heavy (non-hydrogen) atoms. The minimum Gasteiger partial charge on any atom is -0.311 e. The zero-order valence-corrected chi connectivity index (χ0v) is 15.4. The van der Waals surface area contributed by atoms with Gasteiger partial charge in [0.15, 0.2) is 0 Å². The van der Waals surface area contributed by atoms with Gasteiger partial charge < -0.3 is 4.90 Å². The Morgan fingerprint density at radius 1 is 1.00 bits per heavy atom. The summed E-state index contributed by atoms with van der Waals surface area (Å²) in [6, 6.07) is 11.9. The first-order valence-corrected chi connectivity index (χ1v) is 9.74. The molecular weight excluding hydrogens is 336 g/mol. The highest BCUT2D eigenvalue weighted by Crippen LogP contribution is 2.25. The maximum Gasteiger partial charge on any atom is 0.245 e. The molecule has 2 aromatic rings. The largest absolute Gasteiger partial charge is 0.311 e. The third-order valence-corrected chi connectivity index (χ3v) is 6.32. The van der Waals surface area contributed by atoms with Crippen molar-refractivity contribution in [2.24, 2.45) is 0 Å². The van der Waals surface area contributed by atoms with Gasteiger partial charge in [0.2, 0.25) is 15.9 Å². The number of carbonyl (C=O) groups is 1. The Balaban J connectivity index is 1.80. The number of sulfonamides is 1. The van der Waals surface area contributed by atoms with Gasteiger partial charge in [-0.2, -0.15) is 4.72 Å². The van der Waals surface area contributed by atoms with E-state index in [0.29, 0.717) is 18.5 Å². The van der Waals surface area contributed by atoms with E-state index < -0.39 is 16.1 Å². The van der Waals surface area contributed by atoms with Crippen molar-refractivity contribution in [3.8, 4) is 0 Å². The topological polar surface area (TPSA) is 66.5 Å². The molecule has 0 bridgehead atoms. The highest BCUT2D eigenvalue weighted by molar-refractivity contribution is 7.89. The van der Waals surface area contributed by atoms with Crippen molar-refractivity contribution in [1.82, 2.24) is 4.72 Å². The minimum atomic E-state index is -3.73. The Morgan fingerprint density at radius 3 is 2.40 bits per heavy atom. The lowest BCUT2D eigenvalue weighted by atomic mass is 10.1. The smallest absolute Gasteiger partial charge is 0.245 e. The van der Waals surface area contributed by atoms with E-state index in [1.54, 1.807) is 36.1 Å². The standard InChI is InChI=1S/C19H22N2O3S/c1-13-8-9-16(12-15(13)3)21-11-10-17(19(21)22)20-25(23,24)18-7-5-4-6-14(18)2/h4-9,12,17,20H,10-11H2,1-3H3. The lowest BCUT2D eigenvalue weighted by Gasteiger charge is -2.18. The van der Waals surface area contributed by atoms with E-state index in [-0.39, 0.29) is 10.8 Å². The molecule has 1 aliphatic rings. The van der Waals surface area contributed by atoms with Crippen molar-refractivity contribution in [3.05, 3.63) is 59.2 Å². The maximum absolute atomic E-state index is 12.7. The van der Waals surface area contributed by atoms with Gasteiger partial charge in [-0.1, -0.05) is 24.3 Å². The predicted octanol–water partition coefficient (Wildman–Crippen LogP) is 2.70. The van der Waals surface area contributed by atoms with Crippen molar-refractivity contribution in [1.29, 1.82) is 0 Å². The summed E-state index contributed by atoms with van der Waals surface area (Å²) in [5, 5.41) is 0. The number of aryl methyl sites for hydroxylation is 3. The molecule has 0 saturated carbocycles. The third kappa shape index (κ3) is 3.45.